The quantitative estimate of drug-likeness (QED) is 0.791. The van der Waals surface area contributed by atoms with Crippen LogP contribution >= 0.6 is 0 Å². The van der Waals surface area contributed by atoms with Crippen molar-refractivity contribution in [3.8, 4) is 0 Å². The lowest BCUT2D eigenvalue weighted by Gasteiger charge is -2.38. The standard InChI is InChI=1S/C13H26N2O2/c1-11(2)9-14-5-7-15(8-6-14)10-13(3,4)12(16)17/h11H,5-10H2,1-4H3,(H,16,17). The average Bonchev–Trinajstić information content (AvgIpc) is 2.19. The van der Waals surface area contributed by atoms with Crippen molar-refractivity contribution in [2.75, 3.05) is 39.3 Å². The maximum Gasteiger partial charge on any atom is 0.310 e. The third-order valence-corrected chi connectivity index (χ3v) is 3.29. The number of nitrogens with zero attached hydrogens (tertiary/aromatic N) is 2. The highest BCUT2D eigenvalue weighted by Crippen LogP contribution is 2.18. The molecule has 1 heterocycles. The minimum Gasteiger partial charge on any atom is -0.481 e. The first kappa shape index (κ1) is 14.5. The first-order valence-corrected chi connectivity index (χ1v) is 6.49. The van der Waals surface area contributed by atoms with E-state index in [-0.39, 0.29) is 0 Å². The van der Waals surface area contributed by atoms with Crippen molar-refractivity contribution in [3.63, 3.8) is 0 Å². The molecule has 0 aromatic rings. The molecule has 0 unspecified atom stereocenters. The van der Waals surface area contributed by atoms with Gasteiger partial charge in [0, 0.05) is 39.3 Å². The molecule has 4 heteroatoms. The van der Waals surface area contributed by atoms with E-state index in [4.69, 9.17) is 5.11 Å². The lowest BCUT2D eigenvalue weighted by Crippen LogP contribution is -2.50. The van der Waals surface area contributed by atoms with Crippen molar-refractivity contribution >= 4 is 5.97 Å². The third-order valence-electron chi connectivity index (χ3n) is 3.29. The highest BCUT2D eigenvalue weighted by molar-refractivity contribution is 5.73. The van der Waals surface area contributed by atoms with Gasteiger partial charge in [-0.25, -0.2) is 0 Å². The number of aliphatic carboxylic acids is 1. The van der Waals surface area contributed by atoms with Gasteiger partial charge in [-0.15, -0.1) is 0 Å². The largest absolute Gasteiger partial charge is 0.481 e. The molecule has 0 aromatic carbocycles. The van der Waals surface area contributed by atoms with Crippen LogP contribution in [0, 0.1) is 11.3 Å². The van der Waals surface area contributed by atoms with Crippen molar-refractivity contribution in [1.82, 2.24) is 9.80 Å². The highest BCUT2D eigenvalue weighted by atomic mass is 16.4. The molecule has 0 atom stereocenters. The second kappa shape index (κ2) is 5.83. The minimum absolute atomic E-state index is 0.639. The Morgan fingerprint density at radius 2 is 1.65 bits per heavy atom. The smallest absolute Gasteiger partial charge is 0.310 e. The molecular formula is C13H26N2O2. The molecule has 0 aromatic heterocycles. The third kappa shape index (κ3) is 4.64. The van der Waals surface area contributed by atoms with Gasteiger partial charge in [-0.2, -0.15) is 0 Å². The summed E-state index contributed by atoms with van der Waals surface area (Å²) in [4.78, 5) is 15.8. The van der Waals surface area contributed by atoms with E-state index in [0.29, 0.717) is 12.5 Å². The summed E-state index contributed by atoms with van der Waals surface area (Å²) < 4.78 is 0. The monoisotopic (exact) mass is 242 g/mol. The Kier molecular flexibility index (Phi) is 4.95. The lowest BCUT2D eigenvalue weighted by atomic mass is 9.93. The van der Waals surface area contributed by atoms with Crippen molar-refractivity contribution in [2.24, 2.45) is 11.3 Å². The summed E-state index contributed by atoms with van der Waals surface area (Å²) in [5.74, 6) is -0.000814. The molecule has 0 saturated carbocycles. The zero-order valence-corrected chi connectivity index (χ0v) is 11.6. The summed E-state index contributed by atoms with van der Waals surface area (Å²) in [6, 6.07) is 0. The molecule has 1 fully saturated rings. The maximum atomic E-state index is 11.1. The van der Waals surface area contributed by atoms with Crippen LogP contribution < -0.4 is 0 Å². The topological polar surface area (TPSA) is 43.8 Å². The highest BCUT2D eigenvalue weighted by Gasteiger charge is 2.31. The van der Waals surface area contributed by atoms with Gasteiger partial charge in [-0.05, 0) is 19.8 Å². The first-order chi connectivity index (χ1) is 7.81. The summed E-state index contributed by atoms with van der Waals surface area (Å²) >= 11 is 0. The lowest BCUT2D eigenvalue weighted by molar-refractivity contribution is -0.148. The molecule has 100 valence electrons. The number of carboxylic acids is 1. The molecule has 0 radical (unpaired) electrons. The van der Waals surface area contributed by atoms with Crippen molar-refractivity contribution < 1.29 is 9.90 Å². The van der Waals surface area contributed by atoms with Crippen LogP contribution in [-0.4, -0.2) is 60.1 Å². The van der Waals surface area contributed by atoms with E-state index < -0.39 is 11.4 Å². The van der Waals surface area contributed by atoms with Gasteiger partial charge in [-0.3, -0.25) is 9.69 Å². The van der Waals surface area contributed by atoms with Crippen LogP contribution in [0.5, 0.6) is 0 Å². The van der Waals surface area contributed by atoms with Crippen LogP contribution in [-0.2, 0) is 4.79 Å². The Bertz CT molecular complexity index is 256. The first-order valence-electron chi connectivity index (χ1n) is 6.49. The summed E-state index contributed by atoms with van der Waals surface area (Å²) in [7, 11) is 0. The van der Waals surface area contributed by atoms with Crippen molar-refractivity contribution in [3.05, 3.63) is 0 Å². The molecule has 1 rings (SSSR count). The van der Waals surface area contributed by atoms with E-state index in [2.05, 4.69) is 23.6 Å². The molecule has 4 nitrogen and oxygen atoms in total. The van der Waals surface area contributed by atoms with Crippen molar-refractivity contribution in [1.29, 1.82) is 0 Å². The van der Waals surface area contributed by atoms with Gasteiger partial charge in [0.15, 0.2) is 0 Å². The van der Waals surface area contributed by atoms with Crippen LogP contribution in [0.1, 0.15) is 27.7 Å². The van der Waals surface area contributed by atoms with Gasteiger partial charge < -0.3 is 10.0 Å². The molecule has 17 heavy (non-hydrogen) atoms. The molecule has 0 spiro atoms. The second-order valence-electron chi connectivity index (χ2n) is 6.16. The Balaban J connectivity index is 2.35. The van der Waals surface area contributed by atoms with Crippen LogP contribution in [0.2, 0.25) is 0 Å². The summed E-state index contributed by atoms with van der Waals surface area (Å²) in [5.41, 5.74) is -0.639. The number of rotatable bonds is 5. The maximum absolute atomic E-state index is 11.1. The molecule has 1 aliphatic rings. The minimum atomic E-state index is -0.706. The molecule has 1 N–H and O–H groups in total. The van der Waals surface area contributed by atoms with Gasteiger partial charge in [0.2, 0.25) is 0 Å². The molecule has 0 bridgehead atoms. The van der Waals surface area contributed by atoms with Gasteiger partial charge in [0.25, 0.3) is 0 Å². The number of hydrogen-bond donors (Lipinski definition) is 1. The van der Waals surface area contributed by atoms with Gasteiger partial charge in [-0.1, -0.05) is 13.8 Å². The van der Waals surface area contributed by atoms with Crippen LogP contribution in [0.15, 0.2) is 0 Å². The second-order valence-corrected chi connectivity index (χ2v) is 6.16. The Hall–Kier alpha value is -0.610. The zero-order chi connectivity index (χ0) is 13.1. The Labute approximate surface area is 105 Å². The SMILES string of the molecule is CC(C)CN1CCN(CC(C)(C)C(=O)O)CC1. The predicted molar refractivity (Wildman–Crippen MR) is 69.1 cm³/mol. The van der Waals surface area contributed by atoms with E-state index >= 15 is 0 Å². The van der Waals surface area contributed by atoms with Gasteiger partial charge in [0.1, 0.15) is 0 Å². The fourth-order valence-electron chi connectivity index (χ4n) is 2.27. The fraction of sp³-hybridized carbons (Fsp3) is 0.923. The van der Waals surface area contributed by atoms with Crippen LogP contribution in [0.25, 0.3) is 0 Å². The molecular weight excluding hydrogens is 216 g/mol. The van der Waals surface area contributed by atoms with E-state index in [1.165, 1.54) is 0 Å². The number of hydrogen-bond acceptors (Lipinski definition) is 3. The van der Waals surface area contributed by atoms with Gasteiger partial charge >= 0.3 is 5.97 Å². The zero-order valence-electron chi connectivity index (χ0n) is 11.6. The van der Waals surface area contributed by atoms with E-state index in [0.717, 1.165) is 32.7 Å². The molecule has 0 aliphatic carbocycles. The Morgan fingerprint density at radius 1 is 1.18 bits per heavy atom. The van der Waals surface area contributed by atoms with Gasteiger partial charge in [0.05, 0.1) is 5.41 Å². The average molecular weight is 242 g/mol. The summed E-state index contributed by atoms with van der Waals surface area (Å²) in [6.45, 7) is 14.0. The number of carbonyl (C=O) groups is 1. The Morgan fingerprint density at radius 3 is 2.06 bits per heavy atom. The van der Waals surface area contributed by atoms with E-state index in [1.54, 1.807) is 13.8 Å². The molecule has 1 aliphatic heterocycles. The number of piperazine rings is 1. The molecule has 0 amide bonds. The van der Waals surface area contributed by atoms with E-state index in [9.17, 15) is 4.79 Å². The van der Waals surface area contributed by atoms with Crippen LogP contribution in [0.3, 0.4) is 0 Å². The fourth-order valence-corrected chi connectivity index (χ4v) is 2.27. The number of carboxylic acid groups (broad SMARTS) is 1. The van der Waals surface area contributed by atoms with E-state index in [1.807, 2.05) is 0 Å². The van der Waals surface area contributed by atoms with Crippen LogP contribution in [0.4, 0.5) is 0 Å². The normalized spacial score (nSPS) is 19.8. The molecule has 1 saturated heterocycles. The predicted octanol–water partition coefficient (Wildman–Crippen LogP) is 1.37. The summed E-state index contributed by atoms with van der Waals surface area (Å²) in [5, 5.41) is 9.11. The summed E-state index contributed by atoms with van der Waals surface area (Å²) in [6.07, 6.45) is 0. The van der Waals surface area contributed by atoms with Crippen molar-refractivity contribution in [2.45, 2.75) is 27.7 Å².